The molecule has 2 N–H and O–H groups in total. The third-order valence-electron chi connectivity index (χ3n) is 17.6. The fraction of sp³-hybridized carbons (Fsp3) is 0.986. The zero-order valence-electron chi connectivity index (χ0n) is 50.5. The minimum Gasteiger partial charge on any atom is -0.481 e. The van der Waals surface area contributed by atoms with Crippen molar-refractivity contribution in [1.82, 2.24) is 0 Å². The third-order valence-corrected chi connectivity index (χ3v) is 17.6. The summed E-state index contributed by atoms with van der Waals surface area (Å²) in [6, 6.07) is 0. The van der Waals surface area contributed by atoms with E-state index in [0.717, 1.165) is 31.6 Å². The Morgan fingerprint density at radius 3 is 0.808 bits per heavy atom. The van der Waals surface area contributed by atoms with Crippen LogP contribution in [0.25, 0.3) is 0 Å². The van der Waals surface area contributed by atoms with Crippen LogP contribution in [0.2, 0.25) is 0 Å². The average Bonchev–Trinajstić information content (AvgIpc) is 4.17. The van der Waals surface area contributed by atoms with Crippen LogP contribution in [0.1, 0.15) is 406 Å². The monoisotopic (exact) mass is 1030 g/mol. The highest BCUT2D eigenvalue weighted by molar-refractivity contribution is 5.70. The molecule has 5 atom stereocenters. The maximum Gasteiger partial charge on any atom is 0.309 e. The number of unbranched alkanes of at least 4 members (excludes halogenated alkanes) is 53. The Balaban J connectivity index is 1.75. The maximum absolute atomic E-state index is 11.9. The van der Waals surface area contributed by atoms with Gasteiger partial charge in [0, 0.05) is 0 Å². The molecule has 73 heavy (non-hydrogen) atoms. The summed E-state index contributed by atoms with van der Waals surface area (Å²) in [6.07, 6.45) is 81.9. The second-order valence-electron chi connectivity index (χ2n) is 24.9. The van der Waals surface area contributed by atoms with Crippen molar-refractivity contribution in [2.75, 3.05) is 0 Å². The van der Waals surface area contributed by atoms with E-state index in [1.54, 1.807) is 0 Å². The summed E-state index contributed by atoms with van der Waals surface area (Å²) < 4.78 is 6.12. The smallest absolute Gasteiger partial charge is 0.309 e. The molecule has 0 amide bonds. The van der Waals surface area contributed by atoms with E-state index in [2.05, 4.69) is 20.8 Å². The Kier molecular flexibility index (Phi) is 55.5. The number of carbonyl (C=O) groups is 1. The van der Waals surface area contributed by atoms with Crippen LogP contribution in [-0.4, -0.2) is 34.5 Å². The molecule has 0 spiro atoms. The second-order valence-corrected chi connectivity index (χ2v) is 24.9. The van der Waals surface area contributed by atoms with Gasteiger partial charge >= 0.3 is 5.97 Å². The van der Waals surface area contributed by atoms with Gasteiger partial charge in [0.2, 0.25) is 0 Å². The molecule has 1 aliphatic rings. The minimum absolute atomic E-state index is 0.579. The normalized spacial score (nSPS) is 15.8. The molecule has 1 fully saturated rings. The van der Waals surface area contributed by atoms with Crippen LogP contribution >= 0.6 is 0 Å². The summed E-state index contributed by atoms with van der Waals surface area (Å²) in [6.45, 7) is 7.05. The van der Waals surface area contributed by atoms with Crippen LogP contribution in [0.15, 0.2) is 0 Å². The van der Waals surface area contributed by atoms with Gasteiger partial charge < -0.3 is 14.9 Å². The molecule has 0 aromatic carbocycles. The third kappa shape index (κ3) is 50.6. The highest BCUT2D eigenvalue weighted by Gasteiger charge is 2.41. The number of aliphatic hydroxyl groups excluding tert-OH is 1. The molecular weight excluding hydrogens is 893 g/mol. The van der Waals surface area contributed by atoms with Crippen LogP contribution in [0.4, 0.5) is 0 Å². The highest BCUT2D eigenvalue weighted by atomic mass is 16.6. The van der Waals surface area contributed by atoms with Gasteiger partial charge in [-0.15, -0.1) is 0 Å². The molecule has 0 aromatic heterocycles. The number of carboxylic acids is 1. The Morgan fingerprint density at radius 1 is 0.329 bits per heavy atom. The molecule has 1 rings (SSSR count). The van der Waals surface area contributed by atoms with E-state index in [4.69, 9.17) is 4.74 Å². The molecule has 436 valence electrons. The lowest BCUT2D eigenvalue weighted by Crippen LogP contribution is -2.28. The van der Waals surface area contributed by atoms with Crippen molar-refractivity contribution in [3.63, 3.8) is 0 Å². The van der Waals surface area contributed by atoms with E-state index in [1.807, 2.05) is 0 Å². The topological polar surface area (TPSA) is 70.1 Å². The first-order valence-corrected chi connectivity index (χ1v) is 34.6. The molecule has 0 saturated carbocycles. The van der Waals surface area contributed by atoms with Gasteiger partial charge in [-0.1, -0.05) is 380 Å². The van der Waals surface area contributed by atoms with Gasteiger partial charge in [-0.25, -0.2) is 0 Å². The standard InChI is InChI=1S/C69H136O4/c1-4-6-8-10-12-14-16-18-20-21-22-27-30-33-37-41-45-49-53-57-61-65(69(71)72)66(70)62-58-54-50-46-42-38-34-31-28-25-23-24-26-29-32-35-39-43-47-51-55-59-63-67-68(73-67)64(3)60-56-52-48-44-40-36-19-17-15-13-11-9-7-5-2/h64-68,70H,4-63H2,1-3H3,(H,71,72). The van der Waals surface area contributed by atoms with Crippen LogP contribution in [0, 0.1) is 11.8 Å². The van der Waals surface area contributed by atoms with Crippen molar-refractivity contribution in [1.29, 1.82) is 0 Å². The molecule has 0 radical (unpaired) electrons. The first-order valence-electron chi connectivity index (χ1n) is 34.6. The van der Waals surface area contributed by atoms with Crippen LogP contribution < -0.4 is 0 Å². The van der Waals surface area contributed by atoms with E-state index in [9.17, 15) is 15.0 Å². The lowest BCUT2D eigenvalue weighted by Gasteiger charge is -2.19. The lowest BCUT2D eigenvalue weighted by molar-refractivity contribution is -0.146. The predicted octanol–water partition coefficient (Wildman–Crippen LogP) is 23.9. The van der Waals surface area contributed by atoms with E-state index < -0.39 is 18.0 Å². The van der Waals surface area contributed by atoms with E-state index in [1.165, 1.54) is 347 Å². The van der Waals surface area contributed by atoms with Crippen molar-refractivity contribution in [2.24, 2.45) is 11.8 Å². The molecule has 0 aromatic rings. The van der Waals surface area contributed by atoms with E-state index in [0.29, 0.717) is 25.0 Å². The molecule has 1 heterocycles. The molecular formula is C69H136O4. The Morgan fingerprint density at radius 2 is 0.548 bits per heavy atom. The Labute approximate surface area is 459 Å². The molecule has 0 bridgehead atoms. The summed E-state index contributed by atoms with van der Waals surface area (Å²) in [4.78, 5) is 11.9. The van der Waals surface area contributed by atoms with Gasteiger partial charge in [0.05, 0.1) is 24.2 Å². The highest BCUT2D eigenvalue weighted by Crippen LogP contribution is 2.36. The summed E-state index contributed by atoms with van der Waals surface area (Å²) in [5, 5.41) is 20.5. The van der Waals surface area contributed by atoms with Crippen molar-refractivity contribution >= 4 is 5.97 Å². The van der Waals surface area contributed by atoms with Crippen molar-refractivity contribution < 1.29 is 19.7 Å². The van der Waals surface area contributed by atoms with Gasteiger partial charge in [0.15, 0.2) is 0 Å². The summed E-state index contributed by atoms with van der Waals surface area (Å²) in [5.74, 6) is -0.618. The van der Waals surface area contributed by atoms with Crippen molar-refractivity contribution in [3.05, 3.63) is 0 Å². The Bertz CT molecular complexity index is 1060. The summed E-state index contributed by atoms with van der Waals surface area (Å²) in [7, 11) is 0. The zero-order valence-corrected chi connectivity index (χ0v) is 50.5. The number of ether oxygens (including phenoxy) is 1. The number of aliphatic carboxylic acids is 1. The number of aliphatic hydroxyl groups is 1. The zero-order chi connectivity index (χ0) is 52.6. The van der Waals surface area contributed by atoms with Gasteiger partial charge in [-0.05, 0) is 31.6 Å². The molecule has 1 aliphatic heterocycles. The van der Waals surface area contributed by atoms with Gasteiger partial charge in [-0.2, -0.15) is 0 Å². The van der Waals surface area contributed by atoms with Crippen molar-refractivity contribution in [2.45, 2.75) is 424 Å². The lowest BCUT2D eigenvalue weighted by atomic mass is 9.91. The molecule has 0 aliphatic carbocycles. The van der Waals surface area contributed by atoms with Gasteiger partial charge in [0.1, 0.15) is 0 Å². The molecule has 5 unspecified atom stereocenters. The van der Waals surface area contributed by atoms with Crippen molar-refractivity contribution in [3.8, 4) is 0 Å². The fourth-order valence-corrected chi connectivity index (χ4v) is 12.3. The first kappa shape index (κ1) is 70.4. The van der Waals surface area contributed by atoms with E-state index in [-0.39, 0.29) is 0 Å². The molecule has 4 heteroatoms. The fourth-order valence-electron chi connectivity index (χ4n) is 12.3. The summed E-state index contributed by atoms with van der Waals surface area (Å²) in [5.41, 5.74) is 0. The number of hydrogen-bond acceptors (Lipinski definition) is 3. The van der Waals surface area contributed by atoms with E-state index >= 15 is 0 Å². The van der Waals surface area contributed by atoms with Crippen LogP contribution in [-0.2, 0) is 9.53 Å². The average molecular weight is 1030 g/mol. The SMILES string of the molecule is CCCCCCCCCCCCCCCCCCCCCCC(C(=O)O)C(O)CCCCCCCCCCCCCCCCCCCCCCCCC1OC1C(C)CCCCCCCCCCCCCCCC. The first-order chi connectivity index (χ1) is 36.0. The quantitative estimate of drug-likeness (QED) is 0.0470. The van der Waals surface area contributed by atoms with Crippen LogP contribution in [0.3, 0.4) is 0 Å². The number of carboxylic acid groups (broad SMARTS) is 1. The van der Waals surface area contributed by atoms with Gasteiger partial charge in [0.25, 0.3) is 0 Å². The number of epoxide rings is 1. The second kappa shape index (κ2) is 57.6. The van der Waals surface area contributed by atoms with Gasteiger partial charge in [-0.3, -0.25) is 4.79 Å². The summed E-state index contributed by atoms with van der Waals surface area (Å²) >= 11 is 0. The number of rotatable bonds is 64. The molecule has 1 saturated heterocycles. The minimum atomic E-state index is -0.801. The predicted molar refractivity (Wildman–Crippen MR) is 323 cm³/mol. The maximum atomic E-state index is 11.9. The number of hydrogen-bond donors (Lipinski definition) is 2. The molecule has 4 nitrogen and oxygen atoms in total. The Hall–Kier alpha value is -0.610. The van der Waals surface area contributed by atoms with Crippen LogP contribution in [0.5, 0.6) is 0 Å². The largest absolute Gasteiger partial charge is 0.481 e.